The van der Waals surface area contributed by atoms with Crippen molar-refractivity contribution in [2.75, 3.05) is 6.54 Å². The third-order valence-electron chi connectivity index (χ3n) is 3.66. The quantitative estimate of drug-likeness (QED) is 0.688. The number of rotatable bonds is 8. The van der Waals surface area contributed by atoms with Crippen LogP contribution in [0.3, 0.4) is 0 Å². The van der Waals surface area contributed by atoms with Crippen LogP contribution in [0, 0.1) is 12.8 Å². The third-order valence-corrected chi connectivity index (χ3v) is 3.66. The number of phenolic OH excluding ortho intramolecular Hbond substituents is 1. The molecule has 0 saturated carbocycles. The van der Waals surface area contributed by atoms with Gasteiger partial charge in [-0.25, -0.2) is 0 Å². The molecular weight excluding hydrogens is 270 g/mol. The molecule has 3 N–H and O–H groups in total. The molecule has 5 heteroatoms. The average molecular weight is 293 g/mol. The van der Waals surface area contributed by atoms with E-state index in [1.165, 1.54) is 0 Å². The summed E-state index contributed by atoms with van der Waals surface area (Å²) in [4.78, 5) is 22.5. The molecule has 1 unspecified atom stereocenters. The number of hydrogen-bond donors (Lipinski definition) is 3. The van der Waals surface area contributed by atoms with Crippen LogP contribution < -0.4 is 5.32 Å². The van der Waals surface area contributed by atoms with E-state index >= 15 is 0 Å². The number of phenols is 1. The van der Waals surface area contributed by atoms with Crippen LogP contribution in [0.25, 0.3) is 0 Å². The highest BCUT2D eigenvalue weighted by atomic mass is 16.4. The number of aryl methyl sites for hydroxylation is 1. The minimum Gasteiger partial charge on any atom is -0.507 e. The number of carbonyl (C=O) groups excluding carboxylic acids is 1. The Morgan fingerprint density at radius 3 is 2.62 bits per heavy atom. The average Bonchev–Trinajstić information content (AvgIpc) is 2.45. The molecule has 1 aromatic rings. The number of aliphatic carboxylic acids is 1. The lowest BCUT2D eigenvalue weighted by Crippen LogP contribution is -2.26. The second-order valence-electron chi connectivity index (χ2n) is 5.22. The van der Waals surface area contributed by atoms with Gasteiger partial charge in [0.2, 0.25) is 0 Å². The molecule has 0 spiro atoms. The summed E-state index contributed by atoms with van der Waals surface area (Å²) < 4.78 is 0. The topological polar surface area (TPSA) is 86.6 Å². The van der Waals surface area contributed by atoms with E-state index in [1.807, 2.05) is 6.92 Å². The summed E-state index contributed by atoms with van der Waals surface area (Å²) in [5, 5.41) is 21.3. The van der Waals surface area contributed by atoms with E-state index in [-0.39, 0.29) is 29.6 Å². The molecule has 21 heavy (non-hydrogen) atoms. The molecular formula is C16H23NO4. The molecule has 1 aromatic carbocycles. The summed E-state index contributed by atoms with van der Waals surface area (Å²) in [6.07, 6.45) is 2.41. The molecule has 116 valence electrons. The Bertz CT molecular complexity index is 499. The molecule has 0 fully saturated rings. The summed E-state index contributed by atoms with van der Waals surface area (Å²) in [5.74, 6) is -0.799. The molecule has 0 radical (unpaired) electrons. The van der Waals surface area contributed by atoms with E-state index < -0.39 is 5.97 Å². The van der Waals surface area contributed by atoms with Crippen molar-refractivity contribution < 1.29 is 19.8 Å². The number of aromatic hydroxyl groups is 1. The van der Waals surface area contributed by atoms with Crippen molar-refractivity contribution in [1.82, 2.24) is 5.32 Å². The first-order chi connectivity index (χ1) is 9.95. The number of carboxylic acid groups (broad SMARTS) is 1. The predicted molar refractivity (Wildman–Crippen MR) is 80.4 cm³/mol. The van der Waals surface area contributed by atoms with Crippen LogP contribution in [0.5, 0.6) is 5.75 Å². The third kappa shape index (κ3) is 5.45. The van der Waals surface area contributed by atoms with Gasteiger partial charge in [0.25, 0.3) is 5.91 Å². The Labute approximate surface area is 125 Å². The number of nitrogens with one attached hydrogen (secondary N) is 1. The number of carbonyl (C=O) groups is 2. The van der Waals surface area contributed by atoms with Gasteiger partial charge in [0.05, 0.1) is 5.56 Å². The maximum atomic E-state index is 12.0. The first-order valence-electron chi connectivity index (χ1n) is 7.24. The second-order valence-corrected chi connectivity index (χ2v) is 5.22. The van der Waals surface area contributed by atoms with E-state index in [0.29, 0.717) is 18.5 Å². The molecule has 0 bridgehead atoms. The van der Waals surface area contributed by atoms with Crippen molar-refractivity contribution in [3.05, 3.63) is 29.3 Å². The van der Waals surface area contributed by atoms with Crippen LogP contribution >= 0.6 is 0 Å². The molecule has 0 aliphatic carbocycles. The molecule has 1 amide bonds. The standard InChI is InChI=1S/C16H23NO4/c1-3-12(7-8-14(18)19)9-10-17-16(21)13-6-4-5-11(2)15(13)20/h4-6,12,20H,3,7-10H2,1-2H3,(H,17,21)(H,18,19). The van der Waals surface area contributed by atoms with Gasteiger partial charge in [-0.15, -0.1) is 0 Å². The minimum atomic E-state index is -0.790. The number of para-hydroxylation sites is 1. The van der Waals surface area contributed by atoms with Crippen molar-refractivity contribution in [2.24, 2.45) is 5.92 Å². The fourth-order valence-electron chi connectivity index (χ4n) is 2.21. The fraction of sp³-hybridized carbons (Fsp3) is 0.500. The Balaban J connectivity index is 2.45. The van der Waals surface area contributed by atoms with E-state index in [0.717, 1.165) is 12.8 Å². The van der Waals surface area contributed by atoms with E-state index in [9.17, 15) is 14.7 Å². The maximum Gasteiger partial charge on any atom is 0.303 e. The minimum absolute atomic E-state index is 0.00733. The van der Waals surface area contributed by atoms with E-state index in [2.05, 4.69) is 5.32 Å². The van der Waals surface area contributed by atoms with Gasteiger partial charge in [-0.1, -0.05) is 25.5 Å². The van der Waals surface area contributed by atoms with Crippen molar-refractivity contribution in [2.45, 2.75) is 39.5 Å². The van der Waals surface area contributed by atoms with E-state index in [1.54, 1.807) is 25.1 Å². The summed E-state index contributed by atoms with van der Waals surface area (Å²) in [7, 11) is 0. The highest BCUT2D eigenvalue weighted by Crippen LogP contribution is 2.21. The summed E-state index contributed by atoms with van der Waals surface area (Å²) in [6, 6.07) is 5.05. The number of hydrogen-bond acceptors (Lipinski definition) is 3. The Hall–Kier alpha value is -2.04. The molecule has 0 saturated heterocycles. The zero-order chi connectivity index (χ0) is 15.8. The first kappa shape index (κ1) is 17.0. The molecule has 1 rings (SSSR count). The highest BCUT2D eigenvalue weighted by molar-refractivity contribution is 5.97. The molecule has 1 atom stereocenters. The van der Waals surface area contributed by atoms with Gasteiger partial charge in [-0.05, 0) is 37.3 Å². The Morgan fingerprint density at radius 2 is 2.00 bits per heavy atom. The zero-order valence-corrected chi connectivity index (χ0v) is 12.6. The molecule has 0 aliphatic rings. The van der Waals surface area contributed by atoms with Crippen LogP contribution in [0.4, 0.5) is 0 Å². The van der Waals surface area contributed by atoms with Crippen molar-refractivity contribution in [3.8, 4) is 5.75 Å². The van der Waals surface area contributed by atoms with Gasteiger partial charge in [0.15, 0.2) is 0 Å². The first-order valence-corrected chi connectivity index (χ1v) is 7.24. The lowest BCUT2D eigenvalue weighted by molar-refractivity contribution is -0.137. The van der Waals surface area contributed by atoms with Gasteiger partial charge in [0, 0.05) is 13.0 Å². The molecule has 0 heterocycles. The van der Waals surface area contributed by atoms with Crippen LogP contribution in [0.1, 0.15) is 48.5 Å². The Morgan fingerprint density at radius 1 is 1.29 bits per heavy atom. The molecule has 0 aliphatic heterocycles. The van der Waals surface area contributed by atoms with Crippen molar-refractivity contribution in [1.29, 1.82) is 0 Å². The highest BCUT2D eigenvalue weighted by Gasteiger charge is 2.13. The van der Waals surface area contributed by atoms with Crippen LogP contribution in [0.2, 0.25) is 0 Å². The van der Waals surface area contributed by atoms with Gasteiger partial charge >= 0.3 is 5.97 Å². The van der Waals surface area contributed by atoms with Crippen molar-refractivity contribution >= 4 is 11.9 Å². The number of benzene rings is 1. The van der Waals surface area contributed by atoms with Gasteiger partial charge < -0.3 is 15.5 Å². The number of amides is 1. The maximum absolute atomic E-state index is 12.0. The van der Waals surface area contributed by atoms with Crippen molar-refractivity contribution in [3.63, 3.8) is 0 Å². The monoisotopic (exact) mass is 293 g/mol. The molecule has 0 aromatic heterocycles. The normalized spacial score (nSPS) is 11.9. The molecule has 5 nitrogen and oxygen atoms in total. The summed E-state index contributed by atoms with van der Waals surface area (Å²) in [5.41, 5.74) is 0.934. The zero-order valence-electron chi connectivity index (χ0n) is 12.6. The Kier molecular flexibility index (Phi) is 6.72. The largest absolute Gasteiger partial charge is 0.507 e. The van der Waals surface area contributed by atoms with E-state index in [4.69, 9.17) is 5.11 Å². The fourth-order valence-corrected chi connectivity index (χ4v) is 2.21. The van der Waals surface area contributed by atoms with Crippen LogP contribution in [-0.2, 0) is 4.79 Å². The number of carboxylic acids is 1. The van der Waals surface area contributed by atoms with Crippen LogP contribution in [-0.4, -0.2) is 28.6 Å². The predicted octanol–water partition coefficient (Wildman–Crippen LogP) is 2.71. The lowest BCUT2D eigenvalue weighted by atomic mass is 9.96. The summed E-state index contributed by atoms with van der Waals surface area (Å²) in [6.45, 7) is 4.23. The summed E-state index contributed by atoms with van der Waals surface area (Å²) >= 11 is 0. The smallest absolute Gasteiger partial charge is 0.303 e. The SMILES string of the molecule is CCC(CCNC(=O)c1cccc(C)c1O)CCC(=O)O. The second kappa shape index (κ2) is 8.29. The van der Waals surface area contributed by atoms with Gasteiger partial charge in [0.1, 0.15) is 5.75 Å². The lowest BCUT2D eigenvalue weighted by Gasteiger charge is -2.14. The van der Waals surface area contributed by atoms with Crippen LogP contribution in [0.15, 0.2) is 18.2 Å². The van der Waals surface area contributed by atoms with Gasteiger partial charge in [-0.3, -0.25) is 9.59 Å². The van der Waals surface area contributed by atoms with Gasteiger partial charge in [-0.2, -0.15) is 0 Å².